The first kappa shape index (κ1) is 20.8. The van der Waals surface area contributed by atoms with E-state index in [0.717, 1.165) is 30.0 Å². The molecule has 1 fully saturated rings. The van der Waals surface area contributed by atoms with Crippen molar-refractivity contribution in [2.45, 2.75) is 32.4 Å². The van der Waals surface area contributed by atoms with Crippen LogP contribution in [0.1, 0.15) is 40.7 Å². The Morgan fingerprint density at radius 2 is 1.77 bits per heavy atom. The van der Waals surface area contributed by atoms with Crippen molar-refractivity contribution < 1.29 is 13.9 Å². The molecule has 5 nitrogen and oxygen atoms in total. The number of piperidine rings is 1. The fraction of sp³-hybridized carbons (Fsp3) is 0.280. The first-order valence-electron chi connectivity index (χ1n) is 10.6. The minimum Gasteiger partial charge on any atom is -0.489 e. The van der Waals surface area contributed by atoms with E-state index < -0.39 is 0 Å². The first-order chi connectivity index (χ1) is 15.2. The second-order valence-corrected chi connectivity index (χ2v) is 7.70. The van der Waals surface area contributed by atoms with Crippen LogP contribution >= 0.6 is 0 Å². The summed E-state index contributed by atoms with van der Waals surface area (Å²) in [5.41, 5.74) is 2.34. The van der Waals surface area contributed by atoms with Gasteiger partial charge in [-0.2, -0.15) is 0 Å². The lowest BCUT2D eigenvalue weighted by Gasteiger charge is -2.27. The van der Waals surface area contributed by atoms with Gasteiger partial charge in [0.1, 0.15) is 24.0 Å². The fourth-order valence-electron chi connectivity index (χ4n) is 3.59. The molecule has 4 rings (SSSR count). The minimum atomic E-state index is -0.279. The molecule has 6 heteroatoms. The second-order valence-electron chi connectivity index (χ2n) is 7.70. The van der Waals surface area contributed by atoms with E-state index in [1.165, 1.54) is 31.4 Å². The predicted molar refractivity (Wildman–Crippen MR) is 119 cm³/mol. The van der Waals surface area contributed by atoms with Crippen LogP contribution in [-0.4, -0.2) is 24.0 Å². The topological polar surface area (TPSA) is 54.5 Å². The molecule has 31 heavy (non-hydrogen) atoms. The van der Waals surface area contributed by atoms with Crippen LogP contribution < -0.4 is 15.0 Å². The zero-order chi connectivity index (χ0) is 21.5. The largest absolute Gasteiger partial charge is 0.489 e. The van der Waals surface area contributed by atoms with Crippen molar-refractivity contribution in [2.75, 3.05) is 18.0 Å². The normalized spacial score (nSPS) is 13.6. The summed E-state index contributed by atoms with van der Waals surface area (Å²) in [5, 5.41) is 2.93. The van der Waals surface area contributed by atoms with Crippen LogP contribution in [0.15, 0.2) is 66.9 Å². The van der Waals surface area contributed by atoms with E-state index in [0.29, 0.717) is 24.5 Å². The number of hydrogen-bond donors (Lipinski definition) is 1. The quantitative estimate of drug-likeness (QED) is 0.602. The first-order valence-corrected chi connectivity index (χ1v) is 10.6. The van der Waals surface area contributed by atoms with E-state index in [1.807, 2.05) is 18.3 Å². The van der Waals surface area contributed by atoms with Crippen molar-refractivity contribution >= 4 is 11.7 Å². The van der Waals surface area contributed by atoms with Crippen LogP contribution in [0.3, 0.4) is 0 Å². The Labute approximate surface area is 181 Å². The number of benzene rings is 2. The number of nitrogens with zero attached hydrogens (tertiary/aromatic N) is 2. The summed E-state index contributed by atoms with van der Waals surface area (Å²) < 4.78 is 18.7. The van der Waals surface area contributed by atoms with Gasteiger partial charge in [-0.3, -0.25) is 4.79 Å². The van der Waals surface area contributed by atoms with Crippen molar-refractivity contribution in [1.29, 1.82) is 0 Å². The summed E-state index contributed by atoms with van der Waals surface area (Å²) in [4.78, 5) is 19.4. The molecule has 1 saturated heterocycles. The monoisotopic (exact) mass is 419 g/mol. The third-order valence-corrected chi connectivity index (χ3v) is 5.36. The molecule has 1 aliphatic rings. The van der Waals surface area contributed by atoms with Gasteiger partial charge in [0.2, 0.25) is 0 Å². The molecule has 1 N–H and O–H groups in total. The van der Waals surface area contributed by atoms with E-state index >= 15 is 0 Å². The number of anilines is 1. The highest BCUT2D eigenvalue weighted by molar-refractivity contribution is 5.94. The van der Waals surface area contributed by atoms with Crippen LogP contribution in [-0.2, 0) is 13.2 Å². The molecule has 2 heterocycles. The number of ether oxygens (including phenoxy) is 1. The highest BCUT2D eigenvalue weighted by atomic mass is 19.1. The summed E-state index contributed by atoms with van der Waals surface area (Å²) >= 11 is 0. The molecule has 0 atom stereocenters. The van der Waals surface area contributed by atoms with Crippen molar-refractivity contribution in [3.63, 3.8) is 0 Å². The van der Waals surface area contributed by atoms with Crippen molar-refractivity contribution in [1.82, 2.24) is 10.3 Å². The van der Waals surface area contributed by atoms with E-state index in [2.05, 4.69) is 15.2 Å². The molecule has 0 saturated carbocycles. The lowest BCUT2D eigenvalue weighted by molar-refractivity contribution is 0.0950. The number of halogens is 1. The van der Waals surface area contributed by atoms with Crippen LogP contribution in [0.5, 0.6) is 5.75 Å². The van der Waals surface area contributed by atoms with Gasteiger partial charge < -0.3 is 15.0 Å². The van der Waals surface area contributed by atoms with Crippen molar-refractivity contribution in [2.24, 2.45) is 0 Å². The van der Waals surface area contributed by atoms with Gasteiger partial charge in [-0.25, -0.2) is 9.37 Å². The highest BCUT2D eigenvalue weighted by Gasteiger charge is 2.12. The Kier molecular flexibility index (Phi) is 6.77. The van der Waals surface area contributed by atoms with Crippen LogP contribution in [0.25, 0.3) is 0 Å². The third kappa shape index (κ3) is 5.81. The molecule has 0 aliphatic carbocycles. The number of amides is 1. The minimum absolute atomic E-state index is 0.174. The molecule has 0 unspecified atom stereocenters. The van der Waals surface area contributed by atoms with Gasteiger partial charge in [-0.05, 0) is 66.8 Å². The van der Waals surface area contributed by atoms with Gasteiger partial charge in [0.05, 0.1) is 0 Å². The molecule has 3 aromatic rings. The zero-order valence-corrected chi connectivity index (χ0v) is 17.4. The number of nitrogens with one attached hydrogen (secondary N) is 1. The lowest BCUT2D eigenvalue weighted by atomic mass is 10.1. The molecule has 160 valence electrons. The number of carbonyl (C=O) groups is 1. The standard InChI is InChI=1S/C25H26FN3O2/c26-22-10-7-19(8-11-22)18-31-23-6-4-5-21(15-23)25(30)28-17-20-9-12-24(27-16-20)29-13-2-1-3-14-29/h4-12,15-16H,1-3,13-14,17-18H2,(H,28,30). The SMILES string of the molecule is O=C(NCc1ccc(N2CCCCC2)nc1)c1cccc(OCc2ccc(F)cc2)c1. The number of rotatable bonds is 7. The zero-order valence-electron chi connectivity index (χ0n) is 17.4. The molecule has 0 spiro atoms. The van der Waals surface area contributed by atoms with Crippen LogP contribution in [0, 0.1) is 5.82 Å². The van der Waals surface area contributed by atoms with Gasteiger partial charge in [0, 0.05) is 31.4 Å². The van der Waals surface area contributed by atoms with Gasteiger partial charge >= 0.3 is 0 Å². The predicted octanol–water partition coefficient (Wildman–Crippen LogP) is 4.72. The van der Waals surface area contributed by atoms with Gasteiger partial charge in [-0.15, -0.1) is 0 Å². The number of pyridine rings is 1. The summed E-state index contributed by atoms with van der Waals surface area (Å²) in [6, 6.07) is 17.2. The van der Waals surface area contributed by atoms with E-state index in [1.54, 1.807) is 36.4 Å². The lowest BCUT2D eigenvalue weighted by Crippen LogP contribution is -2.30. The Bertz CT molecular complexity index is 1000. The molecule has 1 aliphatic heterocycles. The van der Waals surface area contributed by atoms with Gasteiger partial charge in [0.25, 0.3) is 5.91 Å². The average molecular weight is 420 g/mol. The van der Waals surface area contributed by atoms with Crippen molar-refractivity contribution in [3.8, 4) is 5.75 Å². The van der Waals surface area contributed by atoms with E-state index in [4.69, 9.17) is 4.74 Å². The fourth-order valence-corrected chi connectivity index (χ4v) is 3.59. The molecule has 1 amide bonds. The number of aromatic nitrogens is 1. The molecular weight excluding hydrogens is 393 g/mol. The van der Waals surface area contributed by atoms with Gasteiger partial charge in [0.15, 0.2) is 0 Å². The Balaban J connectivity index is 1.30. The number of carbonyl (C=O) groups excluding carboxylic acids is 1. The van der Waals surface area contributed by atoms with Crippen LogP contribution in [0.2, 0.25) is 0 Å². The molecule has 2 aromatic carbocycles. The van der Waals surface area contributed by atoms with Crippen LogP contribution in [0.4, 0.5) is 10.2 Å². The Hall–Kier alpha value is -3.41. The average Bonchev–Trinajstić information content (AvgIpc) is 2.83. The summed E-state index contributed by atoms with van der Waals surface area (Å²) in [6.07, 6.45) is 5.55. The summed E-state index contributed by atoms with van der Waals surface area (Å²) in [5.74, 6) is 1.14. The van der Waals surface area contributed by atoms with E-state index in [9.17, 15) is 9.18 Å². The maximum atomic E-state index is 13.0. The smallest absolute Gasteiger partial charge is 0.251 e. The Morgan fingerprint density at radius 1 is 1.00 bits per heavy atom. The molecule has 0 bridgehead atoms. The van der Waals surface area contributed by atoms with E-state index in [-0.39, 0.29) is 11.7 Å². The highest BCUT2D eigenvalue weighted by Crippen LogP contribution is 2.18. The van der Waals surface area contributed by atoms with Crippen molar-refractivity contribution in [3.05, 3.63) is 89.4 Å². The third-order valence-electron chi connectivity index (χ3n) is 5.36. The second kappa shape index (κ2) is 10.1. The summed E-state index contributed by atoms with van der Waals surface area (Å²) in [7, 11) is 0. The maximum Gasteiger partial charge on any atom is 0.251 e. The maximum absolute atomic E-state index is 13.0. The molecule has 0 radical (unpaired) electrons. The Morgan fingerprint density at radius 3 is 2.52 bits per heavy atom. The summed E-state index contributed by atoms with van der Waals surface area (Å²) in [6.45, 7) is 2.83. The van der Waals surface area contributed by atoms with Gasteiger partial charge in [-0.1, -0.05) is 24.3 Å². The number of hydrogen-bond acceptors (Lipinski definition) is 4. The molecule has 1 aromatic heterocycles. The molecular formula is C25H26FN3O2.